The number of rotatable bonds is 2. The summed E-state index contributed by atoms with van der Waals surface area (Å²) in [5.41, 5.74) is -0.346. The van der Waals surface area contributed by atoms with E-state index in [1.165, 1.54) is 16.9 Å². The molecule has 1 unspecified atom stereocenters. The Balaban J connectivity index is 0.00000243. The van der Waals surface area contributed by atoms with Crippen LogP contribution in [0.4, 0.5) is 13.2 Å². The van der Waals surface area contributed by atoms with Crippen molar-refractivity contribution in [3.05, 3.63) is 29.7 Å². The molecule has 144 valence electrons. The van der Waals surface area contributed by atoms with Crippen LogP contribution < -0.4 is 5.32 Å². The molecule has 1 atom stereocenters. The molecule has 2 aromatic rings. The fourth-order valence-corrected chi connectivity index (χ4v) is 3.10. The average Bonchev–Trinajstić information content (AvgIpc) is 2.97. The maximum atomic E-state index is 12.9. The number of aromatic nitrogens is 3. The maximum Gasteiger partial charge on any atom is 0.417 e. The van der Waals surface area contributed by atoms with Gasteiger partial charge in [-0.15, -0.1) is 34.2 Å². The highest BCUT2D eigenvalue weighted by Crippen LogP contribution is 2.29. The largest absolute Gasteiger partial charge is 0.417 e. The van der Waals surface area contributed by atoms with Gasteiger partial charge in [-0.3, -0.25) is 9.39 Å². The molecule has 1 saturated heterocycles. The van der Waals surface area contributed by atoms with E-state index >= 15 is 0 Å². The van der Waals surface area contributed by atoms with Crippen LogP contribution in [0.15, 0.2) is 23.3 Å². The normalized spacial score (nSPS) is 18.7. The second-order valence-electron chi connectivity index (χ2n) is 6.35. The molecule has 3 rings (SSSR count). The average molecular weight is 482 g/mol. The van der Waals surface area contributed by atoms with Gasteiger partial charge in [0, 0.05) is 26.3 Å². The van der Waals surface area contributed by atoms with Gasteiger partial charge in [-0.05, 0) is 30.9 Å². The van der Waals surface area contributed by atoms with Crippen LogP contribution in [0.25, 0.3) is 5.65 Å². The van der Waals surface area contributed by atoms with Gasteiger partial charge in [-0.25, -0.2) is 0 Å². The standard InChI is InChI=1S/C16H21F3N6.HI/c1-11-4-3-7-24(9-11)15(20-2)21-8-14-23-22-13-6-5-12(10-25(13)14)16(17,18)19;/h5-6,10-11H,3-4,7-9H2,1-2H3,(H,20,21);1H. The van der Waals surface area contributed by atoms with Crippen molar-refractivity contribution in [2.45, 2.75) is 32.5 Å². The number of nitrogens with one attached hydrogen (secondary N) is 1. The number of guanidine groups is 1. The minimum Gasteiger partial charge on any atom is -0.349 e. The molecule has 0 aliphatic carbocycles. The molecule has 10 heteroatoms. The van der Waals surface area contributed by atoms with Crippen molar-refractivity contribution >= 4 is 35.6 Å². The topological polar surface area (TPSA) is 57.8 Å². The Kier molecular flexibility index (Phi) is 6.69. The third kappa shape index (κ3) is 4.57. The Morgan fingerprint density at radius 3 is 2.77 bits per heavy atom. The first kappa shape index (κ1) is 20.7. The summed E-state index contributed by atoms with van der Waals surface area (Å²) in [5.74, 6) is 1.73. The Labute approximate surface area is 166 Å². The Hall–Kier alpha value is -1.59. The van der Waals surface area contributed by atoms with E-state index in [0.717, 1.165) is 37.7 Å². The van der Waals surface area contributed by atoms with Crippen LogP contribution >= 0.6 is 24.0 Å². The number of hydrogen-bond acceptors (Lipinski definition) is 3. The van der Waals surface area contributed by atoms with Crippen molar-refractivity contribution in [1.29, 1.82) is 0 Å². The van der Waals surface area contributed by atoms with Crippen LogP contribution in [0.1, 0.15) is 31.2 Å². The third-order valence-corrected chi connectivity index (χ3v) is 4.37. The van der Waals surface area contributed by atoms with E-state index in [2.05, 4.69) is 32.3 Å². The summed E-state index contributed by atoms with van der Waals surface area (Å²) < 4.78 is 40.1. The number of pyridine rings is 1. The van der Waals surface area contributed by atoms with Crippen LogP contribution in [-0.2, 0) is 12.7 Å². The van der Waals surface area contributed by atoms with Gasteiger partial charge in [0.05, 0.1) is 12.1 Å². The van der Waals surface area contributed by atoms with Gasteiger partial charge in [0.15, 0.2) is 17.4 Å². The highest BCUT2D eigenvalue weighted by Gasteiger charge is 2.31. The van der Waals surface area contributed by atoms with Crippen molar-refractivity contribution in [3.8, 4) is 0 Å². The molecule has 26 heavy (non-hydrogen) atoms. The predicted molar refractivity (Wildman–Crippen MR) is 104 cm³/mol. The molecule has 1 aliphatic heterocycles. The summed E-state index contributed by atoms with van der Waals surface area (Å²) >= 11 is 0. The number of piperidine rings is 1. The maximum absolute atomic E-state index is 12.9. The lowest BCUT2D eigenvalue weighted by atomic mass is 10.0. The molecule has 3 heterocycles. The summed E-state index contributed by atoms with van der Waals surface area (Å²) in [6, 6.07) is 2.33. The molecule has 1 aliphatic rings. The quantitative estimate of drug-likeness (QED) is 0.406. The van der Waals surface area contributed by atoms with E-state index in [1.807, 2.05) is 0 Å². The summed E-state index contributed by atoms with van der Waals surface area (Å²) in [6.07, 6.45) is -1.07. The Morgan fingerprint density at radius 2 is 2.12 bits per heavy atom. The van der Waals surface area contributed by atoms with Gasteiger partial charge in [0.25, 0.3) is 0 Å². The van der Waals surface area contributed by atoms with Crippen LogP contribution in [-0.4, -0.2) is 45.6 Å². The number of likely N-dealkylation sites (tertiary alicyclic amines) is 1. The number of halogens is 4. The minimum absolute atomic E-state index is 0. The van der Waals surface area contributed by atoms with E-state index in [-0.39, 0.29) is 30.5 Å². The minimum atomic E-state index is -4.40. The first-order valence-electron chi connectivity index (χ1n) is 8.25. The van der Waals surface area contributed by atoms with E-state index < -0.39 is 11.7 Å². The van der Waals surface area contributed by atoms with Crippen molar-refractivity contribution < 1.29 is 13.2 Å². The molecule has 1 fully saturated rings. The van der Waals surface area contributed by atoms with Gasteiger partial charge in [-0.2, -0.15) is 13.2 Å². The summed E-state index contributed by atoms with van der Waals surface area (Å²) in [7, 11) is 1.70. The van der Waals surface area contributed by atoms with Crippen LogP contribution in [0.3, 0.4) is 0 Å². The van der Waals surface area contributed by atoms with Gasteiger partial charge in [0.2, 0.25) is 0 Å². The van der Waals surface area contributed by atoms with Gasteiger partial charge in [-0.1, -0.05) is 6.92 Å². The van der Waals surface area contributed by atoms with Gasteiger partial charge >= 0.3 is 6.18 Å². The second-order valence-corrected chi connectivity index (χ2v) is 6.35. The van der Waals surface area contributed by atoms with E-state index in [4.69, 9.17) is 0 Å². The van der Waals surface area contributed by atoms with Crippen LogP contribution in [0, 0.1) is 5.92 Å². The third-order valence-electron chi connectivity index (χ3n) is 4.37. The number of hydrogen-bond donors (Lipinski definition) is 1. The molecule has 2 aromatic heterocycles. The number of fused-ring (bicyclic) bond motifs is 1. The van der Waals surface area contributed by atoms with Crippen molar-refractivity contribution in [3.63, 3.8) is 0 Å². The van der Waals surface area contributed by atoms with E-state index in [9.17, 15) is 13.2 Å². The molecule has 0 amide bonds. The highest BCUT2D eigenvalue weighted by molar-refractivity contribution is 14.0. The Morgan fingerprint density at radius 1 is 1.35 bits per heavy atom. The fraction of sp³-hybridized carbons (Fsp3) is 0.562. The van der Waals surface area contributed by atoms with Gasteiger partial charge < -0.3 is 10.2 Å². The zero-order valence-electron chi connectivity index (χ0n) is 14.6. The lowest BCUT2D eigenvalue weighted by Crippen LogP contribution is -2.46. The van der Waals surface area contributed by atoms with Crippen molar-refractivity contribution in [2.75, 3.05) is 20.1 Å². The molecule has 1 N–H and O–H groups in total. The smallest absolute Gasteiger partial charge is 0.349 e. The molecule has 0 aromatic carbocycles. The summed E-state index contributed by atoms with van der Waals surface area (Å²) in [6.45, 7) is 4.28. The summed E-state index contributed by atoms with van der Waals surface area (Å²) in [4.78, 5) is 6.44. The predicted octanol–water partition coefficient (Wildman–Crippen LogP) is 3.17. The fourth-order valence-electron chi connectivity index (χ4n) is 3.10. The summed E-state index contributed by atoms with van der Waals surface area (Å²) in [5, 5.41) is 11.1. The van der Waals surface area contributed by atoms with Crippen LogP contribution in [0.5, 0.6) is 0 Å². The highest BCUT2D eigenvalue weighted by atomic mass is 127. The molecular formula is C16H22F3IN6. The molecule has 0 radical (unpaired) electrons. The number of alkyl halides is 3. The van der Waals surface area contributed by atoms with Crippen LogP contribution in [0.2, 0.25) is 0 Å². The second kappa shape index (κ2) is 8.40. The lowest BCUT2D eigenvalue weighted by molar-refractivity contribution is -0.137. The molecule has 0 bridgehead atoms. The monoisotopic (exact) mass is 482 g/mol. The Bertz CT molecular complexity index is 773. The first-order chi connectivity index (χ1) is 11.9. The van der Waals surface area contributed by atoms with Crippen molar-refractivity contribution in [1.82, 2.24) is 24.8 Å². The molecule has 6 nitrogen and oxygen atoms in total. The van der Waals surface area contributed by atoms with E-state index in [1.54, 1.807) is 7.05 Å². The molecule has 0 saturated carbocycles. The molecule has 0 spiro atoms. The molecular weight excluding hydrogens is 460 g/mol. The van der Waals surface area contributed by atoms with Gasteiger partial charge in [0.1, 0.15) is 0 Å². The SMILES string of the molecule is CN=C(NCc1nnc2ccc(C(F)(F)F)cn12)N1CCCC(C)C1.I. The zero-order valence-corrected chi connectivity index (χ0v) is 17.0. The van der Waals surface area contributed by atoms with E-state index in [0.29, 0.717) is 17.4 Å². The number of nitrogens with zero attached hydrogens (tertiary/aromatic N) is 5. The number of aliphatic imine (C=N–C) groups is 1. The lowest BCUT2D eigenvalue weighted by Gasteiger charge is -2.33. The zero-order chi connectivity index (χ0) is 18.0. The first-order valence-corrected chi connectivity index (χ1v) is 8.25. The van der Waals surface area contributed by atoms with Crippen molar-refractivity contribution in [2.24, 2.45) is 10.9 Å².